The number of carbonyl (C=O) groups is 3. The third kappa shape index (κ3) is 5.72. The van der Waals surface area contributed by atoms with Crippen molar-refractivity contribution in [2.75, 3.05) is 11.4 Å². The lowest BCUT2D eigenvalue weighted by molar-refractivity contribution is -0.158. The van der Waals surface area contributed by atoms with Gasteiger partial charge in [-0.3, -0.25) is 9.59 Å². The molecule has 6 nitrogen and oxygen atoms in total. The average Bonchev–Trinajstić information content (AvgIpc) is 2.77. The topological polar surface area (TPSA) is 75.7 Å². The van der Waals surface area contributed by atoms with Crippen molar-refractivity contribution in [1.82, 2.24) is 5.32 Å². The molecule has 0 aromatic heterocycles. The molecule has 2 unspecified atom stereocenters. The summed E-state index contributed by atoms with van der Waals surface area (Å²) in [5.74, 6) is -1.28. The molecule has 1 N–H and O–H groups in total. The Labute approximate surface area is 183 Å². The van der Waals surface area contributed by atoms with Gasteiger partial charge in [-0.05, 0) is 42.9 Å². The van der Waals surface area contributed by atoms with E-state index in [1.54, 1.807) is 11.8 Å². The van der Waals surface area contributed by atoms with Crippen molar-refractivity contribution in [2.24, 2.45) is 5.92 Å². The highest BCUT2D eigenvalue weighted by molar-refractivity contribution is 5.98. The Hall–Kier alpha value is -3.15. The molecule has 0 fully saturated rings. The molecule has 2 aromatic carbocycles. The van der Waals surface area contributed by atoms with E-state index in [1.807, 2.05) is 68.4 Å². The van der Waals surface area contributed by atoms with Crippen LogP contribution in [0, 0.1) is 5.92 Å². The highest BCUT2D eigenvalue weighted by atomic mass is 16.5. The molecule has 164 valence electrons. The van der Waals surface area contributed by atoms with Gasteiger partial charge in [-0.25, -0.2) is 4.79 Å². The molecule has 2 atom stereocenters. The van der Waals surface area contributed by atoms with Gasteiger partial charge in [0.25, 0.3) is 5.91 Å². The number of ether oxygens (including phenoxy) is 1. The molecule has 0 saturated carbocycles. The second kappa shape index (κ2) is 10.2. The second-order valence-corrected chi connectivity index (χ2v) is 8.25. The number of benzene rings is 2. The van der Waals surface area contributed by atoms with Crippen LogP contribution in [0.25, 0.3) is 0 Å². The third-order valence-electron chi connectivity index (χ3n) is 5.46. The van der Waals surface area contributed by atoms with Crippen LogP contribution in [0.2, 0.25) is 0 Å². The van der Waals surface area contributed by atoms with Crippen LogP contribution in [0.15, 0.2) is 54.6 Å². The minimum atomic E-state index is -0.939. The Bertz CT molecular complexity index is 926. The van der Waals surface area contributed by atoms with Crippen LogP contribution >= 0.6 is 0 Å². The van der Waals surface area contributed by atoms with Gasteiger partial charge in [0.2, 0.25) is 5.91 Å². The van der Waals surface area contributed by atoms with Gasteiger partial charge >= 0.3 is 5.97 Å². The number of hydrogen-bond donors (Lipinski definition) is 1. The lowest BCUT2D eigenvalue weighted by atomic mass is 10.0. The smallest absolute Gasteiger partial charge is 0.329 e. The molecule has 0 radical (unpaired) electrons. The quantitative estimate of drug-likeness (QED) is 0.695. The summed E-state index contributed by atoms with van der Waals surface area (Å²) in [5.41, 5.74) is 2.86. The van der Waals surface area contributed by atoms with Crippen LogP contribution in [-0.4, -0.2) is 36.5 Å². The van der Waals surface area contributed by atoms with Gasteiger partial charge < -0.3 is 15.0 Å². The normalized spacial score (nSPS) is 15.0. The standard InChI is InChI=1S/C25H30N2O4/c1-17(2)23(26-22(28)16-19-10-5-4-6-11-19)25(30)31-18(3)24(29)27-15-9-13-20-12-7-8-14-21(20)27/h4-8,10-12,14,17-18,23H,9,13,15-16H2,1-3H3,(H,26,28). The summed E-state index contributed by atoms with van der Waals surface area (Å²) < 4.78 is 5.51. The summed E-state index contributed by atoms with van der Waals surface area (Å²) in [4.78, 5) is 40.0. The molecule has 2 amide bonds. The maximum Gasteiger partial charge on any atom is 0.329 e. The molecule has 1 aliphatic rings. The van der Waals surface area contributed by atoms with Crippen molar-refractivity contribution >= 4 is 23.5 Å². The zero-order valence-corrected chi connectivity index (χ0v) is 18.3. The maximum atomic E-state index is 13.0. The van der Waals surface area contributed by atoms with Gasteiger partial charge in [0.05, 0.1) is 6.42 Å². The molecular weight excluding hydrogens is 392 g/mol. The number of nitrogens with one attached hydrogen (secondary N) is 1. The molecule has 0 spiro atoms. The first kappa shape index (κ1) is 22.5. The van der Waals surface area contributed by atoms with Gasteiger partial charge in [-0.15, -0.1) is 0 Å². The van der Waals surface area contributed by atoms with Crippen molar-refractivity contribution < 1.29 is 19.1 Å². The van der Waals surface area contributed by atoms with Gasteiger partial charge in [0.15, 0.2) is 6.10 Å². The largest absolute Gasteiger partial charge is 0.451 e. The van der Waals surface area contributed by atoms with Gasteiger partial charge in [-0.1, -0.05) is 62.4 Å². The molecule has 1 aliphatic heterocycles. The zero-order chi connectivity index (χ0) is 22.4. The molecule has 1 heterocycles. The van der Waals surface area contributed by atoms with Crippen LogP contribution in [0.3, 0.4) is 0 Å². The van der Waals surface area contributed by atoms with E-state index in [2.05, 4.69) is 5.32 Å². The van der Waals surface area contributed by atoms with Crippen molar-refractivity contribution in [3.05, 3.63) is 65.7 Å². The first-order valence-electron chi connectivity index (χ1n) is 10.8. The summed E-state index contributed by atoms with van der Waals surface area (Å²) >= 11 is 0. The fourth-order valence-corrected chi connectivity index (χ4v) is 3.78. The predicted molar refractivity (Wildman–Crippen MR) is 120 cm³/mol. The number of rotatable bonds is 7. The number of aryl methyl sites for hydroxylation is 1. The lowest BCUT2D eigenvalue weighted by Gasteiger charge is -2.31. The summed E-state index contributed by atoms with van der Waals surface area (Å²) in [5, 5.41) is 2.77. The Kier molecular flexibility index (Phi) is 7.45. The van der Waals surface area contributed by atoms with Crippen molar-refractivity contribution in [2.45, 2.75) is 52.2 Å². The average molecular weight is 423 g/mol. The molecule has 31 heavy (non-hydrogen) atoms. The van der Waals surface area contributed by atoms with E-state index < -0.39 is 18.1 Å². The van der Waals surface area contributed by atoms with Crippen molar-refractivity contribution in [3.63, 3.8) is 0 Å². The number of amides is 2. The SMILES string of the molecule is CC(OC(=O)C(NC(=O)Cc1ccccc1)C(C)C)C(=O)N1CCCc2ccccc21. The number of fused-ring (bicyclic) bond motifs is 1. The molecule has 0 aliphatic carbocycles. The molecule has 0 saturated heterocycles. The summed E-state index contributed by atoms with van der Waals surface area (Å²) in [7, 11) is 0. The number of nitrogens with zero attached hydrogens (tertiary/aromatic N) is 1. The number of esters is 1. The lowest BCUT2D eigenvalue weighted by Crippen LogP contribution is -2.49. The number of hydrogen-bond acceptors (Lipinski definition) is 4. The van der Waals surface area contributed by atoms with E-state index in [0.29, 0.717) is 6.54 Å². The summed E-state index contributed by atoms with van der Waals surface area (Å²) in [6, 6.07) is 16.3. The fraction of sp³-hybridized carbons (Fsp3) is 0.400. The van der Waals surface area contributed by atoms with Crippen LogP contribution in [0.4, 0.5) is 5.69 Å². The van der Waals surface area contributed by atoms with Crippen molar-refractivity contribution in [1.29, 1.82) is 0 Å². The molecule has 0 bridgehead atoms. The molecule has 6 heteroatoms. The van der Waals surface area contributed by atoms with E-state index in [4.69, 9.17) is 4.74 Å². The van der Waals surface area contributed by atoms with E-state index >= 15 is 0 Å². The monoisotopic (exact) mass is 422 g/mol. The molecular formula is C25H30N2O4. The minimum absolute atomic E-state index is 0.176. The van der Waals surface area contributed by atoms with Gasteiger partial charge in [0.1, 0.15) is 6.04 Å². The van der Waals surface area contributed by atoms with E-state index in [9.17, 15) is 14.4 Å². The Balaban J connectivity index is 1.62. The third-order valence-corrected chi connectivity index (χ3v) is 5.46. The van der Waals surface area contributed by atoms with E-state index in [-0.39, 0.29) is 24.2 Å². The zero-order valence-electron chi connectivity index (χ0n) is 18.3. The molecule has 2 aromatic rings. The van der Waals surface area contributed by atoms with Crippen LogP contribution in [-0.2, 0) is 32.0 Å². The summed E-state index contributed by atoms with van der Waals surface area (Å²) in [6.07, 6.45) is 1.03. The van der Waals surface area contributed by atoms with Crippen LogP contribution in [0.5, 0.6) is 0 Å². The van der Waals surface area contributed by atoms with Gasteiger partial charge in [-0.2, -0.15) is 0 Å². The first-order valence-corrected chi connectivity index (χ1v) is 10.8. The highest BCUT2D eigenvalue weighted by Gasteiger charge is 2.32. The Morgan fingerprint density at radius 3 is 2.39 bits per heavy atom. The minimum Gasteiger partial charge on any atom is -0.451 e. The van der Waals surface area contributed by atoms with Crippen LogP contribution in [0.1, 0.15) is 38.3 Å². The fourth-order valence-electron chi connectivity index (χ4n) is 3.78. The first-order chi connectivity index (χ1) is 14.9. The number of carbonyl (C=O) groups excluding carboxylic acids is 3. The Morgan fingerprint density at radius 2 is 1.68 bits per heavy atom. The van der Waals surface area contributed by atoms with E-state index in [1.165, 1.54) is 0 Å². The predicted octanol–water partition coefficient (Wildman–Crippen LogP) is 3.28. The van der Waals surface area contributed by atoms with Gasteiger partial charge in [0, 0.05) is 12.2 Å². The summed E-state index contributed by atoms with van der Waals surface area (Å²) in [6.45, 7) is 5.85. The molecule has 3 rings (SSSR count). The van der Waals surface area contributed by atoms with E-state index in [0.717, 1.165) is 29.7 Å². The second-order valence-electron chi connectivity index (χ2n) is 8.25. The maximum absolute atomic E-state index is 13.0. The highest BCUT2D eigenvalue weighted by Crippen LogP contribution is 2.27. The van der Waals surface area contributed by atoms with Crippen LogP contribution < -0.4 is 10.2 Å². The number of anilines is 1. The van der Waals surface area contributed by atoms with Crippen molar-refractivity contribution in [3.8, 4) is 0 Å². The Morgan fingerprint density at radius 1 is 1.00 bits per heavy atom. The number of para-hydroxylation sites is 1.